The highest BCUT2D eigenvalue weighted by Gasteiger charge is 2.46. The van der Waals surface area contributed by atoms with Crippen LogP contribution < -0.4 is 5.32 Å². The molecule has 0 aromatic heterocycles. The lowest BCUT2D eigenvalue weighted by atomic mass is 9.63. The van der Waals surface area contributed by atoms with Crippen molar-refractivity contribution in [3.8, 4) is 0 Å². The van der Waals surface area contributed by atoms with E-state index in [0.29, 0.717) is 6.42 Å². The average Bonchev–Trinajstić information content (AvgIpc) is 2.35. The molecule has 1 unspecified atom stereocenters. The molecule has 4 nitrogen and oxygen atoms in total. The molecule has 0 heterocycles. The molecule has 19 heavy (non-hydrogen) atoms. The van der Waals surface area contributed by atoms with Crippen molar-refractivity contribution in [1.29, 1.82) is 0 Å². The number of hydrogen-bond donors (Lipinski definition) is 2. The topological polar surface area (TPSA) is 66.4 Å². The molecule has 1 aromatic rings. The zero-order chi connectivity index (χ0) is 13.9. The molecule has 1 saturated carbocycles. The van der Waals surface area contributed by atoms with Gasteiger partial charge in [-0.05, 0) is 24.8 Å². The molecule has 1 atom stereocenters. The van der Waals surface area contributed by atoms with Gasteiger partial charge in [-0.25, -0.2) is 4.79 Å². The van der Waals surface area contributed by atoms with Crippen molar-refractivity contribution in [2.24, 2.45) is 0 Å². The predicted molar refractivity (Wildman–Crippen MR) is 71.8 cm³/mol. The van der Waals surface area contributed by atoms with Gasteiger partial charge in [0, 0.05) is 0 Å². The van der Waals surface area contributed by atoms with Crippen LogP contribution in [0.5, 0.6) is 0 Å². The van der Waals surface area contributed by atoms with E-state index in [9.17, 15) is 9.59 Å². The molecular formula is C15H19NO3. The minimum Gasteiger partial charge on any atom is -0.480 e. The second kappa shape index (κ2) is 5.43. The second-order valence-corrected chi connectivity index (χ2v) is 5.07. The number of benzene rings is 1. The van der Waals surface area contributed by atoms with Crippen LogP contribution in [0.2, 0.25) is 0 Å². The summed E-state index contributed by atoms with van der Waals surface area (Å²) in [6.45, 7) is 1.76. The van der Waals surface area contributed by atoms with Gasteiger partial charge >= 0.3 is 5.97 Å². The van der Waals surface area contributed by atoms with Crippen molar-refractivity contribution in [2.75, 3.05) is 0 Å². The van der Waals surface area contributed by atoms with E-state index in [0.717, 1.165) is 24.8 Å². The van der Waals surface area contributed by atoms with Crippen LogP contribution in [-0.4, -0.2) is 23.0 Å². The molecule has 4 heteroatoms. The van der Waals surface area contributed by atoms with Crippen molar-refractivity contribution in [3.63, 3.8) is 0 Å². The van der Waals surface area contributed by atoms with Gasteiger partial charge in [0.05, 0.1) is 5.41 Å². The molecule has 0 radical (unpaired) electrons. The Kier molecular flexibility index (Phi) is 3.88. The van der Waals surface area contributed by atoms with E-state index in [1.807, 2.05) is 30.3 Å². The summed E-state index contributed by atoms with van der Waals surface area (Å²) in [5.41, 5.74) is 0.461. The lowest BCUT2D eigenvalue weighted by Gasteiger charge is -2.41. The lowest BCUT2D eigenvalue weighted by molar-refractivity contribution is -0.143. The molecule has 1 aromatic carbocycles. The van der Waals surface area contributed by atoms with E-state index in [1.54, 1.807) is 6.92 Å². The molecule has 2 N–H and O–H groups in total. The molecule has 1 aliphatic rings. The van der Waals surface area contributed by atoms with Crippen molar-refractivity contribution < 1.29 is 14.7 Å². The molecule has 102 valence electrons. The number of rotatable bonds is 5. The summed E-state index contributed by atoms with van der Waals surface area (Å²) < 4.78 is 0. The van der Waals surface area contributed by atoms with E-state index < -0.39 is 17.4 Å². The molecule has 1 amide bonds. The molecule has 2 rings (SSSR count). The van der Waals surface area contributed by atoms with Gasteiger partial charge in [-0.2, -0.15) is 0 Å². The van der Waals surface area contributed by atoms with Gasteiger partial charge in [-0.15, -0.1) is 0 Å². The first kappa shape index (κ1) is 13.6. The van der Waals surface area contributed by atoms with Crippen molar-refractivity contribution in [1.82, 2.24) is 5.32 Å². The summed E-state index contributed by atoms with van der Waals surface area (Å²) in [5.74, 6) is -1.13. The first-order valence-corrected chi connectivity index (χ1v) is 6.69. The van der Waals surface area contributed by atoms with Crippen LogP contribution in [0.1, 0.15) is 38.2 Å². The fourth-order valence-electron chi connectivity index (χ4n) is 2.57. The number of carbonyl (C=O) groups is 2. The predicted octanol–water partition coefficient (Wildman–Crippen LogP) is 2.09. The van der Waals surface area contributed by atoms with E-state index in [2.05, 4.69) is 5.32 Å². The summed E-state index contributed by atoms with van der Waals surface area (Å²) >= 11 is 0. The molecular weight excluding hydrogens is 242 g/mol. The highest BCUT2D eigenvalue weighted by atomic mass is 16.4. The van der Waals surface area contributed by atoms with E-state index in [-0.39, 0.29) is 5.91 Å². The van der Waals surface area contributed by atoms with Crippen LogP contribution in [0.25, 0.3) is 0 Å². The molecule has 0 spiro atoms. The van der Waals surface area contributed by atoms with Crippen molar-refractivity contribution in [3.05, 3.63) is 35.9 Å². The van der Waals surface area contributed by atoms with Crippen LogP contribution in [0.3, 0.4) is 0 Å². The maximum absolute atomic E-state index is 12.4. The molecule has 1 fully saturated rings. The van der Waals surface area contributed by atoms with Gasteiger partial charge in [0.1, 0.15) is 6.04 Å². The van der Waals surface area contributed by atoms with Crippen molar-refractivity contribution in [2.45, 2.75) is 44.1 Å². The Morgan fingerprint density at radius 2 is 1.95 bits per heavy atom. The lowest BCUT2D eigenvalue weighted by Crippen LogP contribution is -2.53. The monoisotopic (exact) mass is 261 g/mol. The van der Waals surface area contributed by atoms with Crippen LogP contribution in [0.4, 0.5) is 0 Å². The zero-order valence-corrected chi connectivity index (χ0v) is 11.1. The number of carboxylic acids is 1. The first-order chi connectivity index (χ1) is 9.10. The van der Waals surface area contributed by atoms with Crippen LogP contribution in [0, 0.1) is 0 Å². The maximum atomic E-state index is 12.4. The van der Waals surface area contributed by atoms with E-state index >= 15 is 0 Å². The Hall–Kier alpha value is -1.84. The van der Waals surface area contributed by atoms with E-state index in [1.165, 1.54) is 0 Å². The van der Waals surface area contributed by atoms with Crippen LogP contribution in [-0.2, 0) is 15.0 Å². The third-order valence-electron chi connectivity index (χ3n) is 3.98. The summed E-state index contributed by atoms with van der Waals surface area (Å²) in [7, 11) is 0. The van der Waals surface area contributed by atoms with Crippen LogP contribution in [0.15, 0.2) is 30.3 Å². The Morgan fingerprint density at radius 1 is 1.32 bits per heavy atom. The molecule has 0 aliphatic heterocycles. The second-order valence-electron chi connectivity index (χ2n) is 5.07. The van der Waals surface area contributed by atoms with Gasteiger partial charge in [-0.1, -0.05) is 43.7 Å². The largest absolute Gasteiger partial charge is 0.480 e. The Labute approximate surface area is 112 Å². The quantitative estimate of drug-likeness (QED) is 0.853. The van der Waals surface area contributed by atoms with Gasteiger partial charge < -0.3 is 10.4 Å². The van der Waals surface area contributed by atoms with Crippen LogP contribution >= 0.6 is 0 Å². The summed E-state index contributed by atoms with van der Waals surface area (Å²) in [6, 6.07) is 8.84. The zero-order valence-electron chi connectivity index (χ0n) is 11.1. The number of carbonyl (C=O) groups excluding carboxylic acids is 1. The summed E-state index contributed by atoms with van der Waals surface area (Å²) in [4.78, 5) is 23.5. The fraction of sp³-hybridized carbons (Fsp3) is 0.467. The number of amides is 1. The number of carboxylic acid groups (broad SMARTS) is 1. The molecule has 1 aliphatic carbocycles. The fourth-order valence-corrected chi connectivity index (χ4v) is 2.57. The Balaban J connectivity index is 2.18. The minimum atomic E-state index is -0.974. The van der Waals surface area contributed by atoms with E-state index in [4.69, 9.17) is 5.11 Å². The Morgan fingerprint density at radius 3 is 2.37 bits per heavy atom. The summed E-state index contributed by atoms with van der Waals surface area (Å²) in [5, 5.41) is 11.7. The smallest absolute Gasteiger partial charge is 0.326 e. The SMILES string of the molecule is CCC(NC(=O)C1(c2ccccc2)CCC1)C(=O)O. The molecule has 0 bridgehead atoms. The average molecular weight is 261 g/mol. The van der Waals surface area contributed by atoms with Gasteiger partial charge in [0.2, 0.25) is 5.91 Å². The standard InChI is InChI=1S/C15H19NO3/c1-2-12(13(17)18)16-14(19)15(9-6-10-15)11-7-4-3-5-8-11/h3-5,7-8,12H,2,6,9-10H2,1H3,(H,16,19)(H,17,18). The normalized spacial score (nSPS) is 18.2. The number of nitrogens with one attached hydrogen (secondary N) is 1. The highest BCUT2D eigenvalue weighted by molar-refractivity contribution is 5.92. The van der Waals surface area contributed by atoms with Crippen molar-refractivity contribution >= 4 is 11.9 Å². The van der Waals surface area contributed by atoms with Gasteiger partial charge in [0.15, 0.2) is 0 Å². The minimum absolute atomic E-state index is 0.154. The third kappa shape index (κ3) is 2.48. The number of aliphatic carboxylic acids is 1. The van der Waals surface area contributed by atoms with Gasteiger partial charge in [0.25, 0.3) is 0 Å². The number of hydrogen-bond acceptors (Lipinski definition) is 2. The summed E-state index contributed by atoms with van der Waals surface area (Å²) in [6.07, 6.45) is 2.98. The highest BCUT2D eigenvalue weighted by Crippen LogP contribution is 2.43. The molecule has 0 saturated heterocycles. The maximum Gasteiger partial charge on any atom is 0.326 e. The van der Waals surface area contributed by atoms with Gasteiger partial charge in [-0.3, -0.25) is 4.79 Å². The third-order valence-corrected chi connectivity index (χ3v) is 3.98. The first-order valence-electron chi connectivity index (χ1n) is 6.69. The Bertz CT molecular complexity index is 466.